The van der Waals surface area contributed by atoms with Gasteiger partial charge in [-0.1, -0.05) is 13.8 Å². The second kappa shape index (κ2) is 6.74. The Morgan fingerprint density at radius 3 is 2.30 bits per heavy atom. The van der Waals surface area contributed by atoms with E-state index in [1.54, 1.807) is 0 Å². The second-order valence-corrected chi connectivity index (χ2v) is 5.48. The minimum atomic E-state index is -1.21. The molecule has 0 aromatic heterocycles. The van der Waals surface area contributed by atoms with Crippen LogP contribution in [0, 0.1) is 22.9 Å². The highest BCUT2D eigenvalue weighted by Gasteiger charge is 2.22. The summed E-state index contributed by atoms with van der Waals surface area (Å²) in [6.45, 7) is 4.63. The summed E-state index contributed by atoms with van der Waals surface area (Å²) in [5.74, 6) is -4.36. The lowest BCUT2D eigenvalue weighted by Crippen LogP contribution is -2.35. The van der Waals surface area contributed by atoms with E-state index < -0.39 is 28.9 Å². The molecule has 0 atom stereocenters. The van der Waals surface area contributed by atoms with Crippen molar-refractivity contribution < 1.29 is 18.0 Å². The van der Waals surface area contributed by atoms with Gasteiger partial charge >= 0.3 is 0 Å². The highest BCUT2D eigenvalue weighted by atomic mass is 19.1. The van der Waals surface area contributed by atoms with Gasteiger partial charge in [-0.3, -0.25) is 4.79 Å². The van der Waals surface area contributed by atoms with E-state index in [1.165, 1.54) is 0 Å². The van der Waals surface area contributed by atoms with E-state index in [4.69, 9.17) is 5.73 Å². The Hall–Kier alpha value is -1.56. The highest BCUT2D eigenvalue weighted by Crippen LogP contribution is 2.21. The van der Waals surface area contributed by atoms with Gasteiger partial charge in [-0.05, 0) is 24.8 Å². The van der Waals surface area contributed by atoms with Crippen molar-refractivity contribution in [2.45, 2.75) is 26.7 Å². The molecule has 0 bridgehead atoms. The monoisotopic (exact) mass is 288 g/mol. The first kappa shape index (κ1) is 16.5. The molecule has 3 nitrogen and oxygen atoms in total. The summed E-state index contributed by atoms with van der Waals surface area (Å²) in [7, 11) is 0. The topological polar surface area (TPSA) is 55.1 Å². The largest absolute Gasteiger partial charge is 0.351 e. The van der Waals surface area contributed by atoms with Crippen molar-refractivity contribution >= 4 is 5.91 Å². The van der Waals surface area contributed by atoms with Crippen LogP contribution >= 0.6 is 0 Å². The molecule has 0 unspecified atom stereocenters. The fourth-order valence-corrected chi connectivity index (χ4v) is 1.84. The van der Waals surface area contributed by atoms with Crippen molar-refractivity contribution in [1.82, 2.24) is 5.32 Å². The third-order valence-corrected chi connectivity index (χ3v) is 3.02. The van der Waals surface area contributed by atoms with Gasteiger partial charge in [0.1, 0.15) is 23.0 Å². The smallest absolute Gasteiger partial charge is 0.257 e. The molecule has 3 N–H and O–H groups in total. The third-order valence-electron chi connectivity index (χ3n) is 3.02. The zero-order valence-corrected chi connectivity index (χ0v) is 11.6. The molecule has 0 spiro atoms. The first-order valence-electron chi connectivity index (χ1n) is 6.39. The predicted octanol–water partition coefficient (Wildman–Crippen LogP) is 2.60. The van der Waals surface area contributed by atoms with Crippen molar-refractivity contribution in [2.75, 3.05) is 13.1 Å². The Balaban J connectivity index is 2.73. The van der Waals surface area contributed by atoms with Crippen molar-refractivity contribution in [1.29, 1.82) is 0 Å². The van der Waals surface area contributed by atoms with E-state index >= 15 is 0 Å². The molecule has 0 aliphatic rings. The standard InChI is InChI=1S/C14H19F3N2O/c1-14(2,4-3-5-18)8-19-13(20)12-10(16)6-9(15)7-11(12)17/h6-7H,3-5,8,18H2,1-2H3,(H,19,20). The fourth-order valence-electron chi connectivity index (χ4n) is 1.84. The molecular weight excluding hydrogens is 269 g/mol. The zero-order valence-electron chi connectivity index (χ0n) is 11.6. The average Bonchev–Trinajstić information content (AvgIpc) is 2.33. The molecule has 20 heavy (non-hydrogen) atoms. The van der Waals surface area contributed by atoms with Crippen LogP contribution in [0.4, 0.5) is 13.2 Å². The van der Waals surface area contributed by atoms with Crippen LogP contribution in [0.3, 0.4) is 0 Å². The summed E-state index contributed by atoms with van der Waals surface area (Å²) in [5, 5.41) is 2.47. The lowest BCUT2D eigenvalue weighted by Gasteiger charge is -2.24. The number of rotatable bonds is 6. The molecule has 0 aliphatic heterocycles. The SMILES string of the molecule is CC(C)(CCCN)CNC(=O)c1c(F)cc(F)cc1F. The van der Waals surface area contributed by atoms with Crippen LogP contribution in [-0.4, -0.2) is 19.0 Å². The van der Waals surface area contributed by atoms with E-state index in [2.05, 4.69) is 5.32 Å². The van der Waals surface area contributed by atoms with E-state index in [0.717, 1.165) is 12.8 Å². The van der Waals surface area contributed by atoms with E-state index in [-0.39, 0.29) is 12.0 Å². The molecule has 1 amide bonds. The molecule has 0 saturated heterocycles. The molecule has 0 fully saturated rings. The van der Waals surface area contributed by atoms with E-state index in [1.807, 2.05) is 13.8 Å². The van der Waals surface area contributed by atoms with Gasteiger partial charge in [-0.2, -0.15) is 0 Å². The normalized spacial score (nSPS) is 11.5. The molecule has 1 rings (SSSR count). The van der Waals surface area contributed by atoms with Crippen LogP contribution in [0.5, 0.6) is 0 Å². The Morgan fingerprint density at radius 2 is 1.80 bits per heavy atom. The van der Waals surface area contributed by atoms with Crippen LogP contribution in [-0.2, 0) is 0 Å². The number of halogens is 3. The molecular formula is C14H19F3N2O. The van der Waals surface area contributed by atoms with E-state index in [0.29, 0.717) is 18.7 Å². The van der Waals surface area contributed by atoms with Crippen molar-refractivity contribution in [3.05, 3.63) is 35.1 Å². The van der Waals surface area contributed by atoms with Gasteiger partial charge in [0.05, 0.1) is 0 Å². The van der Waals surface area contributed by atoms with Crippen LogP contribution in [0.15, 0.2) is 12.1 Å². The first-order chi connectivity index (χ1) is 9.26. The number of amides is 1. The summed E-state index contributed by atoms with van der Waals surface area (Å²) in [6.07, 6.45) is 1.57. The molecule has 0 aliphatic carbocycles. The van der Waals surface area contributed by atoms with Gasteiger partial charge in [0, 0.05) is 18.7 Å². The molecule has 1 aromatic carbocycles. The summed E-state index contributed by atoms with van der Waals surface area (Å²) in [6, 6.07) is 0.967. The van der Waals surface area contributed by atoms with Crippen molar-refractivity contribution in [3.8, 4) is 0 Å². The third kappa shape index (κ3) is 4.52. The number of benzene rings is 1. The number of hydrogen-bond acceptors (Lipinski definition) is 2. The lowest BCUT2D eigenvalue weighted by molar-refractivity contribution is 0.0925. The van der Waals surface area contributed by atoms with Gasteiger partial charge in [0.25, 0.3) is 5.91 Å². The van der Waals surface area contributed by atoms with Crippen molar-refractivity contribution in [3.63, 3.8) is 0 Å². The van der Waals surface area contributed by atoms with E-state index in [9.17, 15) is 18.0 Å². The number of nitrogens with one attached hydrogen (secondary N) is 1. The first-order valence-corrected chi connectivity index (χ1v) is 6.39. The van der Waals surface area contributed by atoms with Gasteiger partial charge in [0.15, 0.2) is 0 Å². The number of hydrogen-bond donors (Lipinski definition) is 2. The minimum absolute atomic E-state index is 0.234. The molecule has 6 heteroatoms. The van der Waals surface area contributed by atoms with Gasteiger partial charge in [0.2, 0.25) is 0 Å². The van der Waals surface area contributed by atoms with Crippen LogP contribution < -0.4 is 11.1 Å². The second-order valence-electron chi connectivity index (χ2n) is 5.48. The number of carbonyl (C=O) groups excluding carboxylic acids is 1. The minimum Gasteiger partial charge on any atom is -0.351 e. The average molecular weight is 288 g/mol. The highest BCUT2D eigenvalue weighted by molar-refractivity contribution is 5.94. The molecule has 0 heterocycles. The summed E-state index contributed by atoms with van der Waals surface area (Å²) in [5.41, 5.74) is 4.42. The number of carbonyl (C=O) groups is 1. The van der Waals surface area contributed by atoms with Crippen molar-refractivity contribution in [2.24, 2.45) is 11.1 Å². The number of nitrogens with two attached hydrogens (primary N) is 1. The maximum Gasteiger partial charge on any atom is 0.257 e. The Labute approximate surface area is 116 Å². The Kier molecular flexibility index (Phi) is 5.56. The Bertz CT molecular complexity index is 466. The molecule has 112 valence electrons. The lowest BCUT2D eigenvalue weighted by atomic mass is 9.87. The summed E-state index contributed by atoms with van der Waals surface area (Å²) >= 11 is 0. The zero-order chi connectivity index (χ0) is 15.3. The fraction of sp³-hybridized carbons (Fsp3) is 0.500. The maximum atomic E-state index is 13.4. The summed E-state index contributed by atoms with van der Waals surface area (Å²) < 4.78 is 39.6. The molecule has 0 radical (unpaired) electrons. The van der Waals surface area contributed by atoms with Gasteiger partial charge in [-0.15, -0.1) is 0 Å². The van der Waals surface area contributed by atoms with Gasteiger partial charge in [-0.25, -0.2) is 13.2 Å². The predicted molar refractivity (Wildman–Crippen MR) is 70.7 cm³/mol. The van der Waals surface area contributed by atoms with Crippen LogP contribution in [0.2, 0.25) is 0 Å². The maximum absolute atomic E-state index is 13.4. The van der Waals surface area contributed by atoms with Gasteiger partial charge < -0.3 is 11.1 Å². The Morgan fingerprint density at radius 1 is 1.25 bits per heavy atom. The quantitative estimate of drug-likeness (QED) is 0.845. The van der Waals surface area contributed by atoms with Crippen LogP contribution in [0.25, 0.3) is 0 Å². The molecule has 0 saturated carbocycles. The summed E-state index contributed by atoms with van der Waals surface area (Å²) in [4.78, 5) is 11.8. The molecule has 1 aromatic rings. The van der Waals surface area contributed by atoms with Crippen LogP contribution in [0.1, 0.15) is 37.0 Å².